The Balaban J connectivity index is 2.04. The van der Waals surface area contributed by atoms with Crippen LogP contribution in [0.5, 0.6) is 5.75 Å². The zero-order chi connectivity index (χ0) is 15.2. The molecule has 0 spiro atoms. The molecule has 2 atom stereocenters. The SMILES string of the molecule is COc1cccc(F)c1C(C)NCC(O)c1ccccc1. The highest BCUT2D eigenvalue weighted by Crippen LogP contribution is 2.27. The Hall–Kier alpha value is -1.91. The quantitative estimate of drug-likeness (QED) is 0.858. The summed E-state index contributed by atoms with van der Waals surface area (Å²) >= 11 is 0. The van der Waals surface area contributed by atoms with Crippen molar-refractivity contribution in [2.75, 3.05) is 13.7 Å². The van der Waals surface area contributed by atoms with Crippen LogP contribution in [0.1, 0.15) is 30.2 Å². The van der Waals surface area contributed by atoms with Crippen molar-refractivity contribution in [3.05, 3.63) is 65.5 Å². The molecule has 21 heavy (non-hydrogen) atoms. The van der Waals surface area contributed by atoms with Crippen molar-refractivity contribution < 1.29 is 14.2 Å². The first-order valence-electron chi connectivity index (χ1n) is 6.92. The zero-order valence-electron chi connectivity index (χ0n) is 12.2. The van der Waals surface area contributed by atoms with E-state index in [1.807, 2.05) is 37.3 Å². The second kappa shape index (κ2) is 7.20. The Labute approximate surface area is 124 Å². The molecular formula is C17H20FNO2. The molecule has 3 nitrogen and oxygen atoms in total. The number of methoxy groups -OCH3 is 1. The summed E-state index contributed by atoms with van der Waals surface area (Å²) in [5.41, 5.74) is 1.30. The van der Waals surface area contributed by atoms with Crippen LogP contribution in [0.15, 0.2) is 48.5 Å². The van der Waals surface area contributed by atoms with Gasteiger partial charge in [0.05, 0.1) is 13.2 Å². The molecule has 0 heterocycles. The predicted molar refractivity (Wildman–Crippen MR) is 80.8 cm³/mol. The van der Waals surface area contributed by atoms with E-state index >= 15 is 0 Å². The smallest absolute Gasteiger partial charge is 0.131 e. The van der Waals surface area contributed by atoms with Crippen molar-refractivity contribution in [2.24, 2.45) is 0 Å². The van der Waals surface area contributed by atoms with Crippen LogP contribution >= 0.6 is 0 Å². The molecule has 4 heteroatoms. The van der Waals surface area contributed by atoms with Gasteiger partial charge >= 0.3 is 0 Å². The second-order valence-electron chi connectivity index (χ2n) is 4.91. The van der Waals surface area contributed by atoms with Gasteiger partial charge in [-0.2, -0.15) is 0 Å². The minimum Gasteiger partial charge on any atom is -0.496 e. The fourth-order valence-electron chi connectivity index (χ4n) is 2.30. The van der Waals surface area contributed by atoms with Crippen LogP contribution in [-0.2, 0) is 0 Å². The molecule has 0 fully saturated rings. The average molecular weight is 289 g/mol. The predicted octanol–water partition coefficient (Wildman–Crippen LogP) is 3.22. The fraction of sp³-hybridized carbons (Fsp3) is 0.294. The van der Waals surface area contributed by atoms with Crippen molar-refractivity contribution >= 4 is 0 Å². The summed E-state index contributed by atoms with van der Waals surface area (Å²) in [6.45, 7) is 2.18. The van der Waals surface area contributed by atoms with Crippen LogP contribution in [0, 0.1) is 5.82 Å². The van der Waals surface area contributed by atoms with Crippen molar-refractivity contribution in [2.45, 2.75) is 19.1 Å². The summed E-state index contributed by atoms with van der Waals surface area (Å²) < 4.78 is 19.1. The van der Waals surface area contributed by atoms with Crippen LogP contribution in [0.4, 0.5) is 4.39 Å². The number of aliphatic hydroxyl groups excluding tert-OH is 1. The summed E-state index contributed by atoms with van der Waals surface area (Å²) in [7, 11) is 1.52. The molecule has 0 amide bonds. The Kier molecular flexibility index (Phi) is 5.31. The van der Waals surface area contributed by atoms with Gasteiger partial charge in [-0.05, 0) is 24.6 Å². The van der Waals surface area contributed by atoms with Gasteiger partial charge in [-0.3, -0.25) is 0 Å². The van der Waals surface area contributed by atoms with Gasteiger partial charge in [0.25, 0.3) is 0 Å². The largest absolute Gasteiger partial charge is 0.496 e. The summed E-state index contributed by atoms with van der Waals surface area (Å²) in [5.74, 6) is 0.188. The van der Waals surface area contributed by atoms with Crippen molar-refractivity contribution in [1.82, 2.24) is 5.32 Å². The Morgan fingerprint density at radius 2 is 1.86 bits per heavy atom. The first-order chi connectivity index (χ1) is 10.1. The van der Waals surface area contributed by atoms with Gasteiger partial charge in [0.2, 0.25) is 0 Å². The van der Waals surface area contributed by atoms with Crippen LogP contribution in [0.2, 0.25) is 0 Å². The van der Waals surface area contributed by atoms with Gasteiger partial charge in [0, 0.05) is 18.2 Å². The molecule has 2 N–H and O–H groups in total. The minimum atomic E-state index is -0.633. The third kappa shape index (κ3) is 3.80. The van der Waals surface area contributed by atoms with Gasteiger partial charge in [-0.15, -0.1) is 0 Å². The number of hydrogen-bond acceptors (Lipinski definition) is 3. The number of nitrogens with one attached hydrogen (secondary N) is 1. The maximum absolute atomic E-state index is 14.0. The number of benzene rings is 2. The van der Waals surface area contributed by atoms with Crippen molar-refractivity contribution in [1.29, 1.82) is 0 Å². The van der Waals surface area contributed by atoms with E-state index < -0.39 is 6.10 Å². The summed E-state index contributed by atoms with van der Waals surface area (Å²) in [5, 5.41) is 13.3. The molecule has 0 aliphatic heterocycles. The third-order valence-corrected chi connectivity index (χ3v) is 3.47. The highest BCUT2D eigenvalue weighted by Gasteiger charge is 2.17. The first kappa shape index (κ1) is 15.5. The second-order valence-corrected chi connectivity index (χ2v) is 4.91. The van der Waals surface area contributed by atoms with E-state index in [0.29, 0.717) is 17.9 Å². The standard InChI is InChI=1S/C17H20FNO2/c1-12(17-14(18)9-6-10-16(17)21-2)19-11-15(20)13-7-4-3-5-8-13/h3-10,12,15,19-20H,11H2,1-2H3. The van der Waals surface area contributed by atoms with E-state index in [9.17, 15) is 9.50 Å². The average Bonchev–Trinajstić information content (AvgIpc) is 2.52. The Morgan fingerprint density at radius 3 is 2.52 bits per heavy atom. The highest BCUT2D eigenvalue weighted by atomic mass is 19.1. The molecular weight excluding hydrogens is 269 g/mol. The normalized spacial score (nSPS) is 13.7. The maximum Gasteiger partial charge on any atom is 0.131 e. The lowest BCUT2D eigenvalue weighted by molar-refractivity contribution is 0.170. The van der Waals surface area contributed by atoms with E-state index in [1.54, 1.807) is 12.1 Å². The van der Waals surface area contributed by atoms with Gasteiger partial charge < -0.3 is 15.2 Å². The van der Waals surface area contributed by atoms with E-state index in [-0.39, 0.29) is 11.9 Å². The summed E-state index contributed by atoms with van der Waals surface area (Å²) in [4.78, 5) is 0. The van der Waals surface area contributed by atoms with Crippen molar-refractivity contribution in [3.63, 3.8) is 0 Å². The van der Waals surface area contributed by atoms with E-state index in [2.05, 4.69) is 5.32 Å². The molecule has 2 aromatic carbocycles. The van der Waals surface area contributed by atoms with E-state index in [4.69, 9.17) is 4.74 Å². The van der Waals surface area contributed by atoms with Crippen LogP contribution < -0.4 is 10.1 Å². The molecule has 0 aromatic heterocycles. The lowest BCUT2D eigenvalue weighted by Gasteiger charge is -2.20. The number of ether oxygens (including phenoxy) is 1. The molecule has 112 valence electrons. The minimum absolute atomic E-state index is 0.264. The molecule has 2 unspecified atom stereocenters. The fourth-order valence-corrected chi connectivity index (χ4v) is 2.30. The maximum atomic E-state index is 14.0. The Morgan fingerprint density at radius 1 is 1.14 bits per heavy atom. The molecule has 0 aliphatic rings. The molecule has 0 saturated carbocycles. The number of aliphatic hydroxyl groups is 1. The van der Waals surface area contributed by atoms with Gasteiger partial charge in [0.1, 0.15) is 11.6 Å². The summed E-state index contributed by atoms with van der Waals surface area (Å²) in [6, 6.07) is 13.9. The molecule has 0 radical (unpaired) electrons. The van der Waals surface area contributed by atoms with Crippen LogP contribution in [0.3, 0.4) is 0 Å². The lowest BCUT2D eigenvalue weighted by Crippen LogP contribution is -2.25. The Bertz CT molecular complexity index is 574. The van der Waals surface area contributed by atoms with Crippen LogP contribution in [-0.4, -0.2) is 18.8 Å². The summed E-state index contributed by atoms with van der Waals surface area (Å²) in [6.07, 6.45) is -0.633. The van der Waals surface area contributed by atoms with Crippen LogP contribution in [0.25, 0.3) is 0 Å². The number of halogens is 1. The number of rotatable bonds is 6. The van der Waals surface area contributed by atoms with E-state index in [1.165, 1.54) is 13.2 Å². The van der Waals surface area contributed by atoms with Crippen molar-refractivity contribution in [3.8, 4) is 5.75 Å². The monoisotopic (exact) mass is 289 g/mol. The number of hydrogen-bond donors (Lipinski definition) is 2. The molecule has 0 aliphatic carbocycles. The molecule has 2 aromatic rings. The third-order valence-electron chi connectivity index (χ3n) is 3.47. The molecule has 0 bridgehead atoms. The van der Waals surface area contributed by atoms with Gasteiger partial charge in [0.15, 0.2) is 0 Å². The molecule has 0 saturated heterocycles. The lowest BCUT2D eigenvalue weighted by atomic mass is 10.1. The van der Waals surface area contributed by atoms with Gasteiger partial charge in [-0.1, -0.05) is 36.4 Å². The van der Waals surface area contributed by atoms with E-state index in [0.717, 1.165) is 5.56 Å². The first-order valence-corrected chi connectivity index (χ1v) is 6.92. The topological polar surface area (TPSA) is 41.5 Å². The molecule has 2 rings (SSSR count). The van der Waals surface area contributed by atoms with Gasteiger partial charge in [-0.25, -0.2) is 4.39 Å². The highest BCUT2D eigenvalue weighted by molar-refractivity contribution is 5.37. The zero-order valence-corrected chi connectivity index (χ0v) is 12.2.